The average molecular weight is 222 g/mol. The molecule has 0 bridgehead atoms. The first-order chi connectivity index (χ1) is 7.58. The molecule has 1 aromatic rings. The van der Waals surface area contributed by atoms with Gasteiger partial charge in [-0.05, 0) is 32.9 Å². The van der Waals surface area contributed by atoms with E-state index >= 15 is 0 Å². The predicted molar refractivity (Wildman–Crippen MR) is 63.5 cm³/mol. The van der Waals surface area contributed by atoms with Crippen LogP contribution in [-0.2, 0) is 0 Å². The van der Waals surface area contributed by atoms with Crippen LogP contribution in [0.4, 0.5) is 4.79 Å². The van der Waals surface area contributed by atoms with Crippen molar-refractivity contribution in [1.29, 1.82) is 0 Å². The first-order valence-corrected chi connectivity index (χ1v) is 5.32. The molecule has 1 aromatic carbocycles. The second-order valence-corrected chi connectivity index (χ2v) is 3.91. The molecule has 0 aliphatic rings. The Bertz CT molecular complexity index is 333. The molecule has 0 spiro atoms. The molecule has 4 heteroatoms. The summed E-state index contributed by atoms with van der Waals surface area (Å²) >= 11 is 0. The van der Waals surface area contributed by atoms with Gasteiger partial charge in [-0.2, -0.15) is 0 Å². The van der Waals surface area contributed by atoms with Crippen LogP contribution in [0, 0.1) is 6.92 Å². The summed E-state index contributed by atoms with van der Waals surface area (Å²) in [7, 11) is 0. The number of benzene rings is 1. The van der Waals surface area contributed by atoms with Crippen LogP contribution >= 0.6 is 0 Å². The molecule has 0 radical (unpaired) electrons. The fourth-order valence-corrected chi connectivity index (χ4v) is 1.13. The molecule has 2 amide bonds. The van der Waals surface area contributed by atoms with Crippen molar-refractivity contribution in [1.82, 2.24) is 10.6 Å². The van der Waals surface area contributed by atoms with E-state index in [1.54, 1.807) is 0 Å². The number of nitrogens with one attached hydrogen (secondary N) is 2. The van der Waals surface area contributed by atoms with Crippen molar-refractivity contribution in [3.63, 3.8) is 0 Å². The van der Waals surface area contributed by atoms with Gasteiger partial charge in [0.15, 0.2) is 6.73 Å². The van der Waals surface area contributed by atoms with Gasteiger partial charge in [0.25, 0.3) is 0 Å². The van der Waals surface area contributed by atoms with E-state index in [0.717, 1.165) is 5.75 Å². The van der Waals surface area contributed by atoms with Crippen LogP contribution in [0.2, 0.25) is 0 Å². The van der Waals surface area contributed by atoms with E-state index in [9.17, 15) is 4.79 Å². The summed E-state index contributed by atoms with van der Waals surface area (Å²) in [6.45, 7) is 5.99. The lowest BCUT2D eigenvalue weighted by Crippen LogP contribution is -2.41. The van der Waals surface area contributed by atoms with Crippen molar-refractivity contribution in [3.8, 4) is 5.75 Å². The molecule has 1 rings (SSSR count). The van der Waals surface area contributed by atoms with E-state index in [4.69, 9.17) is 4.74 Å². The van der Waals surface area contributed by atoms with Crippen LogP contribution in [0.15, 0.2) is 24.3 Å². The SMILES string of the molecule is Cc1ccc(OCNC(=O)NC(C)C)cc1. The van der Waals surface area contributed by atoms with Gasteiger partial charge in [0, 0.05) is 6.04 Å². The van der Waals surface area contributed by atoms with Crippen LogP contribution in [0.1, 0.15) is 19.4 Å². The minimum absolute atomic E-state index is 0.124. The van der Waals surface area contributed by atoms with E-state index in [2.05, 4.69) is 10.6 Å². The first-order valence-electron chi connectivity index (χ1n) is 5.32. The molecule has 0 heterocycles. The lowest BCUT2D eigenvalue weighted by atomic mass is 10.2. The van der Waals surface area contributed by atoms with E-state index in [0.29, 0.717) is 0 Å². The molecule has 0 unspecified atom stereocenters. The van der Waals surface area contributed by atoms with Crippen molar-refractivity contribution < 1.29 is 9.53 Å². The summed E-state index contributed by atoms with van der Waals surface area (Å²) in [5.74, 6) is 0.746. The molecule has 0 aromatic heterocycles. The molecule has 0 saturated heterocycles. The number of amides is 2. The second kappa shape index (κ2) is 6.00. The van der Waals surface area contributed by atoms with Crippen molar-refractivity contribution in [3.05, 3.63) is 29.8 Å². The summed E-state index contributed by atoms with van der Waals surface area (Å²) < 4.78 is 5.34. The molecule has 0 saturated carbocycles. The van der Waals surface area contributed by atoms with E-state index in [1.807, 2.05) is 45.0 Å². The van der Waals surface area contributed by atoms with Gasteiger partial charge in [-0.25, -0.2) is 4.79 Å². The monoisotopic (exact) mass is 222 g/mol. The smallest absolute Gasteiger partial charge is 0.317 e. The number of urea groups is 1. The highest BCUT2D eigenvalue weighted by molar-refractivity contribution is 5.73. The van der Waals surface area contributed by atoms with Crippen LogP contribution in [0.3, 0.4) is 0 Å². The highest BCUT2D eigenvalue weighted by Gasteiger charge is 2.01. The number of ether oxygens (including phenoxy) is 1. The van der Waals surface area contributed by atoms with Gasteiger partial charge in [0.05, 0.1) is 0 Å². The van der Waals surface area contributed by atoms with E-state index in [-0.39, 0.29) is 18.8 Å². The fourth-order valence-electron chi connectivity index (χ4n) is 1.13. The van der Waals surface area contributed by atoms with Crippen molar-refractivity contribution >= 4 is 6.03 Å². The molecule has 0 atom stereocenters. The molecule has 16 heavy (non-hydrogen) atoms. The van der Waals surface area contributed by atoms with Gasteiger partial charge < -0.3 is 15.4 Å². The summed E-state index contributed by atoms with van der Waals surface area (Å²) in [5.41, 5.74) is 1.18. The fraction of sp³-hybridized carbons (Fsp3) is 0.417. The zero-order valence-corrected chi connectivity index (χ0v) is 9.91. The Kier molecular flexibility index (Phi) is 4.64. The number of carbonyl (C=O) groups excluding carboxylic acids is 1. The Labute approximate surface area is 96.0 Å². The number of rotatable bonds is 4. The number of hydrogen-bond donors (Lipinski definition) is 2. The minimum Gasteiger partial charge on any atom is -0.473 e. The Morgan fingerprint density at radius 1 is 1.31 bits per heavy atom. The summed E-state index contributed by atoms with van der Waals surface area (Å²) in [4.78, 5) is 11.2. The number of carbonyl (C=O) groups is 1. The van der Waals surface area contributed by atoms with Gasteiger partial charge in [0.1, 0.15) is 5.75 Å². The second-order valence-electron chi connectivity index (χ2n) is 3.91. The standard InChI is InChI=1S/C12H18N2O2/c1-9(2)14-12(15)13-8-16-11-6-4-10(3)5-7-11/h4-7,9H,8H2,1-3H3,(H2,13,14,15). The third-order valence-corrected chi connectivity index (χ3v) is 1.91. The Hall–Kier alpha value is -1.71. The maximum absolute atomic E-state index is 11.2. The van der Waals surface area contributed by atoms with Crippen LogP contribution in [0.5, 0.6) is 5.75 Å². The highest BCUT2D eigenvalue weighted by atomic mass is 16.5. The Morgan fingerprint density at radius 2 is 1.94 bits per heavy atom. The molecule has 0 aliphatic heterocycles. The van der Waals surface area contributed by atoms with Crippen LogP contribution in [-0.4, -0.2) is 18.8 Å². The lowest BCUT2D eigenvalue weighted by Gasteiger charge is -2.11. The van der Waals surface area contributed by atoms with Gasteiger partial charge in [-0.3, -0.25) is 0 Å². The summed E-state index contributed by atoms with van der Waals surface area (Å²) in [6, 6.07) is 7.57. The van der Waals surface area contributed by atoms with Gasteiger partial charge in [-0.15, -0.1) is 0 Å². The van der Waals surface area contributed by atoms with Crippen molar-refractivity contribution in [2.75, 3.05) is 6.73 Å². The molecule has 0 fully saturated rings. The molecule has 4 nitrogen and oxygen atoms in total. The van der Waals surface area contributed by atoms with Crippen molar-refractivity contribution in [2.45, 2.75) is 26.8 Å². The number of aryl methyl sites for hydroxylation is 1. The first kappa shape index (κ1) is 12.4. The highest BCUT2D eigenvalue weighted by Crippen LogP contribution is 2.10. The van der Waals surface area contributed by atoms with Crippen LogP contribution in [0.25, 0.3) is 0 Å². The number of hydrogen-bond acceptors (Lipinski definition) is 2. The van der Waals surface area contributed by atoms with E-state index < -0.39 is 0 Å². The Balaban J connectivity index is 2.25. The predicted octanol–water partition coefficient (Wildman–Crippen LogP) is 2.04. The largest absolute Gasteiger partial charge is 0.473 e. The zero-order chi connectivity index (χ0) is 12.0. The quantitative estimate of drug-likeness (QED) is 0.766. The topological polar surface area (TPSA) is 50.4 Å². The summed E-state index contributed by atoms with van der Waals surface area (Å²) in [5, 5.41) is 5.31. The molecule has 88 valence electrons. The zero-order valence-electron chi connectivity index (χ0n) is 9.91. The lowest BCUT2D eigenvalue weighted by molar-refractivity contribution is 0.222. The van der Waals surface area contributed by atoms with Gasteiger partial charge in [0.2, 0.25) is 0 Å². The maximum Gasteiger partial charge on any atom is 0.317 e. The third kappa shape index (κ3) is 4.68. The average Bonchev–Trinajstić information content (AvgIpc) is 2.20. The maximum atomic E-state index is 11.2. The van der Waals surface area contributed by atoms with Gasteiger partial charge >= 0.3 is 6.03 Å². The molecule has 2 N–H and O–H groups in total. The minimum atomic E-state index is -0.220. The van der Waals surface area contributed by atoms with Crippen LogP contribution < -0.4 is 15.4 Å². The van der Waals surface area contributed by atoms with Gasteiger partial charge in [-0.1, -0.05) is 17.7 Å². The third-order valence-electron chi connectivity index (χ3n) is 1.91. The van der Waals surface area contributed by atoms with Crippen molar-refractivity contribution in [2.24, 2.45) is 0 Å². The summed E-state index contributed by atoms with van der Waals surface area (Å²) in [6.07, 6.45) is 0. The Morgan fingerprint density at radius 3 is 2.50 bits per heavy atom. The normalized spacial score (nSPS) is 10.0. The van der Waals surface area contributed by atoms with E-state index in [1.165, 1.54) is 5.56 Å². The molecular weight excluding hydrogens is 204 g/mol. The molecule has 0 aliphatic carbocycles. The molecular formula is C12H18N2O2.